The highest BCUT2D eigenvalue weighted by molar-refractivity contribution is 7.99. The third kappa shape index (κ3) is 4.60. The van der Waals surface area contributed by atoms with Gasteiger partial charge in [0.2, 0.25) is 16.9 Å². The topological polar surface area (TPSA) is 99.0 Å². The lowest BCUT2D eigenvalue weighted by atomic mass is 10.2. The number of thiophene rings is 1. The fourth-order valence-electron chi connectivity index (χ4n) is 2.67. The molecule has 3 aromatic heterocycles. The molecule has 1 N–H and O–H groups in total. The molecule has 4 rings (SSSR count). The first-order valence-electron chi connectivity index (χ1n) is 8.91. The number of aromatic nitrogens is 5. The predicted octanol–water partition coefficient (Wildman–Crippen LogP) is 4.33. The van der Waals surface area contributed by atoms with Crippen molar-refractivity contribution >= 4 is 23.1 Å². The minimum absolute atomic E-state index is 0.646. The number of benzene rings is 1. The molecule has 0 amide bonds. The van der Waals surface area contributed by atoms with Crippen molar-refractivity contribution in [2.24, 2.45) is 0 Å². The molecule has 10 heteroatoms. The average molecular weight is 430 g/mol. The van der Waals surface area contributed by atoms with Crippen LogP contribution in [-0.2, 0) is 6.42 Å². The van der Waals surface area contributed by atoms with Crippen molar-refractivity contribution in [3.63, 3.8) is 0 Å². The van der Waals surface area contributed by atoms with Crippen molar-refractivity contribution in [2.45, 2.75) is 18.0 Å². The molecule has 8 nitrogen and oxygen atoms in total. The Morgan fingerprint density at radius 1 is 1.17 bits per heavy atom. The zero-order valence-electron chi connectivity index (χ0n) is 15.9. The number of rotatable bonds is 9. The Labute approximate surface area is 175 Å². The number of methoxy groups -OCH3 is 2. The van der Waals surface area contributed by atoms with Gasteiger partial charge in [-0.15, -0.1) is 16.4 Å². The van der Waals surface area contributed by atoms with Crippen LogP contribution in [0.2, 0.25) is 0 Å². The highest BCUT2D eigenvalue weighted by Gasteiger charge is 2.13. The summed E-state index contributed by atoms with van der Waals surface area (Å²) < 4.78 is 16.0. The molecule has 0 saturated heterocycles. The van der Waals surface area contributed by atoms with E-state index in [-0.39, 0.29) is 0 Å². The third-order valence-electron chi connectivity index (χ3n) is 4.10. The van der Waals surface area contributed by atoms with Gasteiger partial charge in [0.15, 0.2) is 5.82 Å². The molecule has 0 atom stereocenters. The van der Waals surface area contributed by atoms with E-state index in [4.69, 9.17) is 14.0 Å². The molecule has 0 fully saturated rings. The van der Waals surface area contributed by atoms with Crippen LogP contribution in [0.15, 0.2) is 45.4 Å². The zero-order chi connectivity index (χ0) is 20.1. The number of hydrogen-bond acceptors (Lipinski definition) is 9. The quantitative estimate of drug-likeness (QED) is 0.310. The molecule has 0 aliphatic heterocycles. The van der Waals surface area contributed by atoms with Gasteiger partial charge in [-0.2, -0.15) is 4.98 Å². The van der Waals surface area contributed by atoms with E-state index in [1.165, 1.54) is 0 Å². The number of thioether (sulfide) groups is 1. The molecule has 4 aromatic rings. The fraction of sp³-hybridized carbons (Fsp3) is 0.263. The van der Waals surface area contributed by atoms with Gasteiger partial charge in [-0.25, -0.2) is 4.98 Å². The summed E-state index contributed by atoms with van der Waals surface area (Å²) >= 11 is 3.17. The van der Waals surface area contributed by atoms with Gasteiger partial charge in [0.1, 0.15) is 11.5 Å². The highest BCUT2D eigenvalue weighted by Crippen LogP contribution is 2.32. The van der Waals surface area contributed by atoms with Gasteiger partial charge in [0.25, 0.3) is 0 Å². The molecule has 29 heavy (non-hydrogen) atoms. The summed E-state index contributed by atoms with van der Waals surface area (Å²) in [6, 6.07) is 9.53. The maximum absolute atomic E-state index is 5.43. The van der Waals surface area contributed by atoms with E-state index < -0.39 is 0 Å². The summed E-state index contributed by atoms with van der Waals surface area (Å²) in [5, 5.41) is 14.0. The van der Waals surface area contributed by atoms with Crippen LogP contribution in [0.5, 0.6) is 11.5 Å². The van der Waals surface area contributed by atoms with Crippen LogP contribution in [0.25, 0.3) is 22.1 Å². The maximum atomic E-state index is 5.43. The van der Waals surface area contributed by atoms with E-state index in [1.54, 1.807) is 37.3 Å². The van der Waals surface area contributed by atoms with Gasteiger partial charge < -0.3 is 14.0 Å². The van der Waals surface area contributed by atoms with Crippen LogP contribution in [0, 0.1) is 0 Å². The fourth-order valence-corrected chi connectivity index (χ4v) is 4.06. The number of aromatic amines is 1. The van der Waals surface area contributed by atoms with Crippen LogP contribution < -0.4 is 9.47 Å². The summed E-state index contributed by atoms with van der Waals surface area (Å²) in [4.78, 5) is 10.00. The molecule has 0 aliphatic rings. The SMILES string of the molecule is COc1ccc(-c2nc(SCCCc3nc(-c4cccs4)no3)n[nH]2)c(OC)c1. The van der Waals surface area contributed by atoms with Crippen LogP contribution in [0.3, 0.4) is 0 Å². The van der Waals surface area contributed by atoms with E-state index >= 15 is 0 Å². The molecule has 3 heterocycles. The molecule has 0 radical (unpaired) electrons. The molecular formula is C19H19N5O3S2. The van der Waals surface area contributed by atoms with Crippen LogP contribution in [0.1, 0.15) is 12.3 Å². The van der Waals surface area contributed by atoms with Crippen molar-refractivity contribution < 1.29 is 14.0 Å². The molecule has 0 saturated carbocycles. The van der Waals surface area contributed by atoms with Gasteiger partial charge in [-0.1, -0.05) is 23.0 Å². The molecule has 150 valence electrons. The second-order valence-corrected chi connectivity index (χ2v) is 7.98. The lowest BCUT2D eigenvalue weighted by molar-refractivity contribution is 0.378. The predicted molar refractivity (Wildman–Crippen MR) is 112 cm³/mol. The Balaban J connectivity index is 1.31. The van der Waals surface area contributed by atoms with Crippen molar-refractivity contribution in [2.75, 3.05) is 20.0 Å². The number of hydrogen-bond donors (Lipinski definition) is 1. The van der Waals surface area contributed by atoms with Crippen LogP contribution >= 0.6 is 23.1 Å². The largest absolute Gasteiger partial charge is 0.497 e. The highest BCUT2D eigenvalue weighted by atomic mass is 32.2. The van der Waals surface area contributed by atoms with Gasteiger partial charge in [0.05, 0.1) is 24.7 Å². The molecule has 1 aromatic carbocycles. The summed E-state index contributed by atoms with van der Waals surface area (Å²) in [7, 11) is 3.24. The van der Waals surface area contributed by atoms with Crippen LogP contribution in [0.4, 0.5) is 0 Å². The lowest BCUT2D eigenvalue weighted by Gasteiger charge is -2.07. The molecule has 0 spiro atoms. The van der Waals surface area contributed by atoms with Gasteiger partial charge >= 0.3 is 0 Å². The Morgan fingerprint density at radius 3 is 2.90 bits per heavy atom. The number of H-pyrrole nitrogens is 1. The van der Waals surface area contributed by atoms with E-state index in [2.05, 4.69) is 25.3 Å². The number of nitrogens with zero attached hydrogens (tertiary/aromatic N) is 4. The second kappa shape index (κ2) is 9.10. The zero-order valence-corrected chi connectivity index (χ0v) is 17.5. The summed E-state index contributed by atoms with van der Waals surface area (Å²) in [6.07, 6.45) is 1.60. The monoisotopic (exact) mass is 429 g/mol. The average Bonchev–Trinajstić information content (AvgIpc) is 3.52. The standard InChI is InChI=1S/C19H19N5O3S2/c1-25-12-7-8-13(14(11-12)26-2)17-21-19(23-22-17)29-10-4-6-16-20-18(24-27-16)15-5-3-9-28-15/h3,5,7-9,11H,4,6,10H2,1-2H3,(H,21,22,23). The normalized spacial score (nSPS) is 11.0. The van der Waals surface area contributed by atoms with E-state index in [0.29, 0.717) is 28.4 Å². The Kier molecular flexibility index (Phi) is 6.11. The molecule has 0 unspecified atom stereocenters. The Bertz CT molecular complexity index is 1060. The Hall–Kier alpha value is -2.85. The van der Waals surface area contributed by atoms with Gasteiger partial charge in [-0.05, 0) is 30.0 Å². The minimum atomic E-state index is 0.646. The third-order valence-corrected chi connectivity index (χ3v) is 5.90. The van der Waals surface area contributed by atoms with Gasteiger partial charge in [-0.3, -0.25) is 5.10 Å². The number of ether oxygens (including phenoxy) is 2. The van der Waals surface area contributed by atoms with Crippen molar-refractivity contribution in [1.29, 1.82) is 0 Å². The maximum Gasteiger partial charge on any atom is 0.227 e. The Morgan fingerprint density at radius 2 is 2.10 bits per heavy atom. The van der Waals surface area contributed by atoms with Crippen LogP contribution in [-0.4, -0.2) is 45.3 Å². The van der Waals surface area contributed by atoms with Crippen molar-refractivity contribution in [1.82, 2.24) is 25.3 Å². The first-order chi connectivity index (χ1) is 14.3. The smallest absolute Gasteiger partial charge is 0.227 e. The molecule has 0 bridgehead atoms. The minimum Gasteiger partial charge on any atom is -0.497 e. The van der Waals surface area contributed by atoms with Crippen molar-refractivity contribution in [3.8, 4) is 33.6 Å². The van der Waals surface area contributed by atoms with Crippen molar-refractivity contribution in [3.05, 3.63) is 41.6 Å². The van der Waals surface area contributed by atoms with E-state index in [1.807, 2.05) is 35.7 Å². The van der Waals surface area contributed by atoms with Gasteiger partial charge in [0, 0.05) is 18.2 Å². The van der Waals surface area contributed by atoms with E-state index in [0.717, 1.165) is 34.8 Å². The first-order valence-corrected chi connectivity index (χ1v) is 10.8. The first kappa shape index (κ1) is 19.5. The number of aryl methyl sites for hydroxylation is 1. The van der Waals surface area contributed by atoms with E-state index in [9.17, 15) is 0 Å². The summed E-state index contributed by atoms with van der Waals surface area (Å²) in [5.41, 5.74) is 0.833. The summed E-state index contributed by atoms with van der Waals surface area (Å²) in [6.45, 7) is 0. The second-order valence-electron chi connectivity index (χ2n) is 5.97. The summed E-state index contributed by atoms with van der Waals surface area (Å²) in [5.74, 6) is 4.19. The number of nitrogens with one attached hydrogen (secondary N) is 1. The molecule has 0 aliphatic carbocycles. The molecular weight excluding hydrogens is 410 g/mol. The lowest BCUT2D eigenvalue weighted by Crippen LogP contribution is -1.91.